The molecule has 0 aliphatic carbocycles. The normalized spacial score (nSPS) is 11.4. The molecule has 0 saturated carbocycles. The first-order chi connectivity index (χ1) is 8.12. The Hall–Kier alpha value is -1.40. The lowest BCUT2D eigenvalue weighted by atomic mass is 10.4. The Morgan fingerprint density at radius 1 is 1.29 bits per heavy atom. The number of nitrogens with zero attached hydrogens (tertiary/aromatic N) is 1. The van der Waals surface area contributed by atoms with Crippen molar-refractivity contribution in [3.05, 3.63) is 41.4 Å². The van der Waals surface area contributed by atoms with E-state index >= 15 is 0 Å². The zero-order chi connectivity index (χ0) is 12.3. The van der Waals surface area contributed by atoms with Crippen molar-refractivity contribution in [2.45, 2.75) is 9.96 Å². The Labute approximate surface area is 104 Å². The van der Waals surface area contributed by atoms with Crippen molar-refractivity contribution in [3.63, 3.8) is 0 Å². The third-order valence-corrected chi connectivity index (χ3v) is 5.27. The second-order valence-electron chi connectivity index (χ2n) is 3.36. The molecule has 2 heterocycles. The molecule has 2 aromatic rings. The lowest BCUT2D eigenvalue weighted by Gasteiger charge is -2.03. The Morgan fingerprint density at radius 2 is 2.12 bits per heavy atom. The highest BCUT2D eigenvalue weighted by Gasteiger charge is 2.17. The highest BCUT2D eigenvalue weighted by Crippen LogP contribution is 2.21. The summed E-state index contributed by atoms with van der Waals surface area (Å²) in [5.74, 6) is 0.314. The summed E-state index contributed by atoms with van der Waals surface area (Å²) in [4.78, 5) is 4.09. The Morgan fingerprint density at radius 3 is 2.76 bits per heavy atom. The molecule has 0 atom stereocenters. The van der Waals surface area contributed by atoms with Crippen molar-refractivity contribution in [3.8, 4) is 5.88 Å². The van der Waals surface area contributed by atoms with Crippen LogP contribution in [0.1, 0.15) is 5.69 Å². The van der Waals surface area contributed by atoms with Crippen LogP contribution in [0.15, 0.2) is 39.9 Å². The largest absolute Gasteiger partial charge is 0.481 e. The van der Waals surface area contributed by atoms with Gasteiger partial charge in [-0.2, -0.15) is 0 Å². The molecule has 0 fully saturated rings. The summed E-state index contributed by atoms with van der Waals surface area (Å²) in [6.07, 6.45) is 0. The molecule has 0 amide bonds. The molecule has 0 radical (unpaired) electrons. The van der Waals surface area contributed by atoms with Crippen molar-refractivity contribution in [2.75, 3.05) is 7.11 Å². The summed E-state index contributed by atoms with van der Waals surface area (Å²) in [5, 5.41) is 1.74. The maximum absolute atomic E-state index is 12.0. The van der Waals surface area contributed by atoms with Gasteiger partial charge in [0.2, 0.25) is 5.88 Å². The lowest BCUT2D eigenvalue weighted by Crippen LogP contribution is -2.05. The number of hydrogen-bond acceptors (Lipinski definition) is 5. The van der Waals surface area contributed by atoms with Crippen molar-refractivity contribution in [1.29, 1.82) is 0 Å². The van der Waals surface area contributed by atoms with Gasteiger partial charge in [-0.15, -0.1) is 11.3 Å². The molecule has 0 aliphatic rings. The molecule has 0 aliphatic heterocycles. The van der Waals surface area contributed by atoms with Crippen LogP contribution >= 0.6 is 11.3 Å². The summed E-state index contributed by atoms with van der Waals surface area (Å²) in [7, 11) is -1.79. The lowest BCUT2D eigenvalue weighted by molar-refractivity contribution is 0.396. The van der Waals surface area contributed by atoms with E-state index in [2.05, 4.69) is 4.98 Å². The number of rotatable bonds is 4. The molecular weight excluding hydrogens is 258 g/mol. The topological polar surface area (TPSA) is 56.3 Å². The van der Waals surface area contributed by atoms with Gasteiger partial charge in [-0.25, -0.2) is 13.4 Å². The van der Waals surface area contributed by atoms with E-state index in [1.807, 2.05) is 0 Å². The third-order valence-electron chi connectivity index (χ3n) is 2.13. The van der Waals surface area contributed by atoms with Gasteiger partial charge in [0.05, 0.1) is 18.6 Å². The smallest absolute Gasteiger partial charge is 0.213 e. The van der Waals surface area contributed by atoms with E-state index in [-0.39, 0.29) is 5.75 Å². The van der Waals surface area contributed by atoms with Crippen LogP contribution in [0, 0.1) is 0 Å². The minimum atomic E-state index is -3.29. The highest BCUT2D eigenvalue weighted by atomic mass is 32.2. The van der Waals surface area contributed by atoms with Crippen molar-refractivity contribution >= 4 is 21.2 Å². The van der Waals surface area contributed by atoms with Crippen LogP contribution in [0.25, 0.3) is 0 Å². The Kier molecular flexibility index (Phi) is 3.44. The molecule has 4 nitrogen and oxygen atoms in total. The van der Waals surface area contributed by atoms with Crippen molar-refractivity contribution < 1.29 is 13.2 Å². The van der Waals surface area contributed by atoms with E-state index in [0.29, 0.717) is 15.8 Å². The SMILES string of the molecule is COc1cccc(CS(=O)(=O)c2cccs2)n1. The van der Waals surface area contributed by atoms with Gasteiger partial charge < -0.3 is 4.74 Å². The molecule has 90 valence electrons. The molecule has 0 bridgehead atoms. The standard InChI is InChI=1S/C11H11NO3S2/c1-15-10-5-2-4-9(12-10)8-17(13,14)11-6-3-7-16-11/h2-7H,8H2,1H3. The fourth-order valence-electron chi connectivity index (χ4n) is 1.36. The second-order valence-corrected chi connectivity index (χ2v) is 6.53. The summed E-state index contributed by atoms with van der Waals surface area (Å²) in [6, 6.07) is 8.40. The Bertz CT molecular complexity index is 591. The van der Waals surface area contributed by atoms with Crippen LogP contribution in [-0.2, 0) is 15.6 Å². The fraction of sp³-hybridized carbons (Fsp3) is 0.182. The predicted molar refractivity (Wildman–Crippen MR) is 66.0 cm³/mol. The monoisotopic (exact) mass is 269 g/mol. The van der Waals surface area contributed by atoms with Crippen LogP contribution in [0.2, 0.25) is 0 Å². The van der Waals surface area contributed by atoms with Gasteiger partial charge in [-0.3, -0.25) is 0 Å². The van der Waals surface area contributed by atoms with Gasteiger partial charge in [0.25, 0.3) is 0 Å². The number of methoxy groups -OCH3 is 1. The number of aromatic nitrogens is 1. The third kappa shape index (κ3) is 2.83. The minimum Gasteiger partial charge on any atom is -0.481 e. The number of ether oxygens (including phenoxy) is 1. The molecule has 0 spiro atoms. The molecule has 17 heavy (non-hydrogen) atoms. The molecule has 0 N–H and O–H groups in total. The van der Waals surface area contributed by atoms with Crippen LogP contribution in [0.5, 0.6) is 5.88 Å². The molecule has 2 aromatic heterocycles. The summed E-state index contributed by atoms with van der Waals surface area (Å²) >= 11 is 1.21. The molecular formula is C11H11NO3S2. The highest BCUT2D eigenvalue weighted by molar-refractivity contribution is 7.92. The maximum Gasteiger partial charge on any atom is 0.213 e. The molecule has 0 aromatic carbocycles. The first-order valence-electron chi connectivity index (χ1n) is 4.88. The van der Waals surface area contributed by atoms with Gasteiger partial charge in [0, 0.05) is 6.07 Å². The first-order valence-corrected chi connectivity index (χ1v) is 7.41. The van der Waals surface area contributed by atoms with Gasteiger partial charge in [0.1, 0.15) is 4.21 Å². The van der Waals surface area contributed by atoms with Gasteiger partial charge in [-0.1, -0.05) is 12.1 Å². The van der Waals surface area contributed by atoms with Gasteiger partial charge in [-0.05, 0) is 17.5 Å². The number of sulfone groups is 1. The van der Waals surface area contributed by atoms with E-state index in [1.165, 1.54) is 18.4 Å². The van der Waals surface area contributed by atoms with E-state index in [0.717, 1.165) is 0 Å². The average Bonchev–Trinajstić information content (AvgIpc) is 2.83. The number of hydrogen-bond donors (Lipinski definition) is 0. The Balaban J connectivity index is 2.26. The van der Waals surface area contributed by atoms with Crippen LogP contribution < -0.4 is 4.74 Å². The van der Waals surface area contributed by atoms with E-state index in [4.69, 9.17) is 4.74 Å². The van der Waals surface area contributed by atoms with Crippen LogP contribution in [0.3, 0.4) is 0 Å². The predicted octanol–water partition coefficient (Wildman–Crippen LogP) is 2.13. The molecule has 2 rings (SSSR count). The quantitative estimate of drug-likeness (QED) is 0.853. The number of thiophene rings is 1. The minimum absolute atomic E-state index is 0.106. The van der Waals surface area contributed by atoms with Crippen molar-refractivity contribution in [2.24, 2.45) is 0 Å². The second kappa shape index (κ2) is 4.85. The summed E-state index contributed by atoms with van der Waals surface area (Å²) in [5.41, 5.74) is 0.484. The van der Waals surface area contributed by atoms with Crippen molar-refractivity contribution in [1.82, 2.24) is 4.98 Å². The average molecular weight is 269 g/mol. The van der Waals surface area contributed by atoms with Crippen LogP contribution in [0.4, 0.5) is 0 Å². The van der Waals surface area contributed by atoms with E-state index in [1.54, 1.807) is 35.7 Å². The van der Waals surface area contributed by atoms with Gasteiger partial charge in [0.15, 0.2) is 9.84 Å². The van der Waals surface area contributed by atoms with E-state index in [9.17, 15) is 8.42 Å². The summed E-state index contributed by atoms with van der Waals surface area (Å²) < 4.78 is 29.3. The molecule has 0 saturated heterocycles. The zero-order valence-electron chi connectivity index (χ0n) is 9.16. The summed E-state index contributed by atoms with van der Waals surface area (Å²) in [6.45, 7) is 0. The number of pyridine rings is 1. The maximum atomic E-state index is 12.0. The van der Waals surface area contributed by atoms with E-state index < -0.39 is 9.84 Å². The molecule has 0 unspecified atom stereocenters. The first kappa shape index (κ1) is 12.1. The molecule has 6 heteroatoms. The van der Waals surface area contributed by atoms with Gasteiger partial charge >= 0.3 is 0 Å². The fourth-order valence-corrected chi connectivity index (χ4v) is 3.71. The van der Waals surface area contributed by atoms with Crippen LogP contribution in [-0.4, -0.2) is 20.5 Å². The zero-order valence-corrected chi connectivity index (χ0v) is 10.8.